The third-order valence-corrected chi connectivity index (χ3v) is 3.63. The molecule has 4 heteroatoms. The van der Waals surface area contributed by atoms with Crippen LogP contribution in [0.2, 0.25) is 0 Å². The number of unbranched alkanes of at least 4 members (excludes halogenated alkanes) is 1. The van der Waals surface area contributed by atoms with Gasteiger partial charge in [-0.25, -0.2) is 0 Å². The van der Waals surface area contributed by atoms with Crippen LogP contribution < -0.4 is 4.74 Å². The van der Waals surface area contributed by atoms with Gasteiger partial charge in [-0.2, -0.15) is 0 Å². The summed E-state index contributed by atoms with van der Waals surface area (Å²) < 4.78 is 5.13. The van der Waals surface area contributed by atoms with Gasteiger partial charge in [0.1, 0.15) is 5.75 Å². The first-order valence-corrected chi connectivity index (χ1v) is 8.30. The van der Waals surface area contributed by atoms with E-state index in [1.54, 1.807) is 7.11 Å². The second-order valence-electron chi connectivity index (χ2n) is 4.77. The molecule has 112 valence electrons. The Labute approximate surface area is 130 Å². The molecule has 0 unspecified atom stereocenters. The van der Waals surface area contributed by atoms with Crippen LogP contribution in [0, 0.1) is 0 Å². The Balaban J connectivity index is 2.46. The van der Waals surface area contributed by atoms with E-state index in [4.69, 9.17) is 4.74 Å². The Morgan fingerprint density at radius 1 is 1.25 bits per heavy atom. The first-order valence-electron chi connectivity index (χ1n) is 7.18. The fourth-order valence-electron chi connectivity index (χ4n) is 2.01. The van der Waals surface area contributed by atoms with E-state index in [1.165, 1.54) is 5.56 Å². The van der Waals surface area contributed by atoms with Crippen molar-refractivity contribution in [1.29, 1.82) is 0 Å². The lowest BCUT2D eigenvalue weighted by atomic mass is 10.1. The van der Waals surface area contributed by atoms with Crippen molar-refractivity contribution in [2.75, 3.05) is 25.5 Å². The highest BCUT2D eigenvalue weighted by molar-refractivity contribution is 9.09. The maximum Gasteiger partial charge on any atom is 0.222 e. The highest BCUT2D eigenvalue weighted by atomic mass is 79.9. The van der Waals surface area contributed by atoms with Gasteiger partial charge in [-0.1, -0.05) is 41.4 Å². The average molecular weight is 342 g/mol. The normalized spacial score (nSPS) is 10.3. The summed E-state index contributed by atoms with van der Waals surface area (Å²) in [6.45, 7) is 3.80. The van der Waals surface area contributed by atoms with E-state index in [0.717, 1.165) is 43.4 Å². The minimum atomic E-state index is 0.244. The lowest BCUT2D eigenvalue weighted by Gasteiger charge is -2.21. The summed E-state index contributed by atoms with van der Waals surface area (Å²) in [6, 6.07) is 7.92. The summed E-state index contributed by atoms with van der Waals surface area (Å²) in [5.41, 5.74) is 1.17. The number of alkyl halides is 1. The SMILES string of the molecule is CCCCN(CCBr)C(=O)CCc1ccc(OC)cc1. The second kappa shape index (κ2) is 9.81. The van der Waals surface area contributed by atoms with Crippen molar-refractivity contribution in [2.45, 2.75) is 32.6 Å². The van der Waals surface area contributed by atoms with E-state index in [-0.39, 0.29) is 5.91 Å². The van der Waals surface area contributed by atoms with Gasteiger partial charge in [0.2, 0.25) is 5.91 Å². The van der Waals surface area contributed by atoms with Gasteiger partial charge in [-0.15, -0.1) is 0 Å². The van der Waals surface area contributed by atoms with Gasteiger partial charge in [0.25, 0.3) is 0 Å². The third-order valence-electron chi connectivity index (χ3n) is 3.28. The molecule has 0 atom stereocenters. The maximum absolute atomic E-state index is 12.2. The zero-order valence-electron chi connectivity index (χ0n) is 12.4. The molecule has 0 aromatic heterocycles. The van der Waals surface area contributed by atoms with Gasteiger partial charge in [-0.3, -0.25) is 4.79 Å². The molecule has 3 nitrogen and oxygen atoms in total. The summed E-state index contributed by atoms with van der Waals surface area (Å²) in [5, 5.41) is 0.838. The molecular formula is C16H24BrNO2. The van der Waals surface area contributed by atoms with Crippen LogP contribution in [0.4, 0.5) is 0 Å². The molecule has 0 aliphatic heterocycles. The monoisotopic (exact) mass is 341 g/mol. The van der Waals surface area contributed by atoms with Crippen molar-refractivity contribution in [3.8, 4) is 5.75 Å². The molecule has 0 spiro atoms. The third kappa shape index (κ3) is 5.95. The van der Waals surface area contributed by atoms with Crippen LogP contribution in [0.3, 0.4) is 0 Å². The van der Waals surface area contributed by atoms with Crippen LogP contribution in [0.1, 0.15) is 31.7 Å². The van der Waals surface area contributed by atoms with Crippen molar-refractivity contribution in [3.05, 3.63) is 29.8 Å². The fourth-order valence-corrected chi connectivity index (χ4v) is 2.44. The number of amides is 1. The molecule has 0 N–H and O–H groups in total. The van der Waals surface area contributed by atoms with Crippen LogP contribution in [-0.4, -0.2) is 36.3 Å². The Bertz CT molecular complexity index is 392. The summed E-state index contributed by atoms with van der Waals surface area (Å²) in [4.78, 5) is 14.2. The van der Waals surface area contributed by atoms with Crippen molar-refractivity contribution >= 4 is 21.8 Å². The predicted octanol–water partition coefficient (Wildman–Crippen LogP) is 3.65. The number of aryl methyl sites for hydroxylation is 1. The van der Waals surface area contributed by atoms with Crippen LogP contribution in [0.15, 0.2) is 24.3 Å². The zero-order valence-corrected chi connectivity index (χ0v) is 14.0. The summed E-state index contributed by atoms with van der Waals surface area (Å²) >= 11 is 3.41. The first-order chi connectivity index (χ1) is 9.71. The van der Waals surface area contributed by atoms with Crippen LogP contribution in [0.25, 0.3) is 0 Å². The molecule has 1 amide bonds. The van der Waals surface area contributed by atoms with E-state index in [9.17, 15) is 4.79 Å². The highest BCUT2D eigenvalue weighted by Crippen LogP contribution is 2.13. The molecule has 1 aromatic rings. The molecular weight excluding hydrogens is 318 g/mol. The molecule has 1 aromatic carbocycles. The van der Waals surface area contributed by atoms with Crippen molar-refractivity contribution in [1.82, 2.24) is 4.90 Å². The number of methoxy groups -OCH3 is 1. The van der Waals surface area contributed by atoms with E-state index < -0.39 is 0 Å². The molecule has 0 bridgehead atoms. The summed E-state index contributed by atoms with van der Waals surface area (Å²) in [5.74, 6) is 1.10. The number of rotatable bonds is 9. The van der Waals surface area contributed by atoms with Crippen molar-refractivity contribution < 1.29 is 9.53 Å². The van der Waals surface area contributed by atoms with E-state index in [1.807, 2.05) is 29.2 Å². The van der Waals surface area contributed by atoms with Crippen molar-refractivity contribution in [2.24, 2.45) is 0 Å². The minimum absolute atomic E-state index is 0.244. The topological polar surface area (TPSA) is 29.5 Å². The van der Waals surface area contributed by atoms with Crippen LogP contribution in [0.5, 0.6) is 5.75 Å². The highest BCUT2D eigenvalue weighted by Gasteiger charge is 2.12. The van der Waals surface area contributed by atoms with Gasteiger partial charge >= 0.3 is 0 Å². The summed E-state index contributed by atoms with van der Waals surface area (Å²) in [6.07, 6.45) is 3.54. The maximum atomic E-state index is 12.2. The molecule has 20 heavy (non-hydrogen) atoms. The number of benzene rings is 1. The first kappa shape index (κ1) is 17.0. The Kier molecular flexibility index (Phi) is 8.35. The Morgan fingerprint density at radius 2 is 1.95 bits per heavy atom. The lowest BCUT2D eigenvalue weighted by Crippen LogP contribution is -2.33. The second-order valence-corrected chi connectivity index (χ2v) is 5.56. The average Bonchev–Trinajstić information content (AvgIpc) is 2.49. The van der Waals surface area contributed by atoms with Gasteiger partial charge in [-0.05, 0) is 30.5 Å². The number of nitrogens with zero attached hydrogens (tertiary/aromatic N) is 1. The Hall–Kier alpha value is -1.03. The zero-order chi connectivity index (χ0) is 14.8. The largest absolute Gasteiger partial charge is 0.497 e. The molecule has 0 radical (unpaired) electrons. The number of ether oxygens (including phenoxy) is 1. The quantitative estimate of drug-likeness (QED) is 0.641. The molecule has 0 fully saturated rings. The molecule has 1 rings (SSSR count). The Morgan fingerprint density at radius 3 is 2.50 bits per heavy atom. The lowest BCUT2D eigenvalue weighted by molar-refractivity contribution is -0.131. The molecule has 0 saturated carbocycles. The number of hydrogen-bond donors (Lipinski definition) is 0. The number of carbonyl (C=O) groups excluding carboxylic acids is 1. The smallest absolute Gasteiger partial charge is 0.222 e. The van der Waals surface area contributed by atoms with Gasteiger partial charge < -0.3 is 9.64 Å². The van der Waals surface area contributed by atoms with E-state index >= 15 is 0 Å². The molecule has 0 saturated heterocycles. The van der Waals surface area contributed by atoms with E-state index in [0.29, 0.717) is 6.42 Å². The van der Waals surface area contributed by atoms with E-state index in [2.05, 4.69) is 22.9 Å². The minimum Gasteiger partial charge on any atom is -0.497 e. The van der Waals surface area contributed by atoms with Crippen LogP contribution >= 0.6 is 15.9 Å². The van der Waals surface area contributed by atoms with Gasteiger partial charge in [0, 0.05) is 24.8 Å². The van der Waals surface area contributed by atoms with Gasteiger partial charge in [0.15, 0.2) is 0 Å². The molecule has 0 heterocycles. The number of hydrogen-bond acceptors (Lipinski definition) is 2. The number of halogens is 1. The molecule has 0 aliphatic rings. The molecule has 0 aliphatic carbocycles. The summed E-state index contributed by atoms with van der Waals surface area (Å²) in [7, 11) is 1.66. The van der Waals surface area contributed by atoms with Gasteiger partial charge in [0.05, 0.1) is 7.11 Å². The standard InChI is InChI=1S/C16H24BrNO2/c1-3-4-12-18(13-11-17)16(19)10-7-14-5-8-15(20-2)9-6-14/h5-6,8-9H,3-4,7,10-13H2,1-2H3. The van der Waals surface area contributed by atoms with Crippen LogP contribution in [-0.2, 0) is 11.2 Å². The van der Waals surface area contributed by atoms with Crippen molar-refractivity contribution in [3.63, 3.8) is 0 Å². The predicted molar refractivity (Wildman–Crippen MR) is 86.6 cm³/mol. The number of carbonyl (C=O) groups is 1. The fraction of sp³-hybridized carbons (Fsp3) is 0.562.